The minimum Gasteiger partial charge on any atom is -0.353 e. The van der Waals surface area contributed by atoms with Crippen LogP contribution in [0.2, 0.25) is 0 Å². The Morgan fingerprint density at radius 3 is 1.85 bits per heavy atom. The number of nitrogens with zero attached hydrogens (tertiary/aromatic N) is 2. The molecule has 4 nitrogen and oxygen atoms in total. The molecule has 0 aliphatic rings. The lowest BCUT2D eigenvalue weighted by atomic mass is 10.0. The maximum absolute atomic E-state index is 13.1. The molecule has 4 heteroatoms. The molecular weight excluding hydrogens is 322 g/mol. The fraction of sp³-hybridized carbons (Fsp3) is 0.409. The molecule has 2 unspecified atom stereocenters. The summed E-state index contributed by atoms with van der Waals surface area (Å²) in [5.41, 5.74) is 2.24. The van der Waals surface area contributed by atoms with E-state index in [1.54, 1.807) is 0 Å². The molecule has 0 fully saturated rings. The molecule has 0 aliphatic carbocycles. The quantitative estimate of drug-likeness (QED) is 0.750. The van der Waals surface area contributed by atoms with E-state index in [4.69, 9.17) is 0 Å². The van der Waals surface area contributed by atoms with Crippen LogP contribution in [0.1, 0.15) is 37.1 Å². The van der Waals surface area contributed by atoms with Gasteiger partial charge in [-0.2, -0.15) is 0 Å². The minimum atomic E-state index is -0.259. The van der Waals surface area contributed by atoms with E-state index in [0.29, 0.717) is 6.54 Å². The van der Waals surface area contributed by atoms with Crippen molar-refractivity contribution in [1.29, 1.82) is 0 Å². The lowest BCUT2D eigenvalue weighted by Gasteiger charge is -2.31. The summed E-state index contributed by atoms with van der Waals surface area (Å²) in [6, 6.07) is 20.2. The van der Waals surface area contributed by atoms with Crippen molar-refractivity contribution >= 4 is 5.91 Å². The maximum Gasteiger partial charge on any atom is 0.242 e. The highest BCUT2D eigenvalue weighted by molar-refractivity contribution is 5.83. The molecule has 0 spiro atoms. The van der Waals surface area contributed by atoms with Gasteiger partial charge in [-0.3, -0.25) is 9.69 Å². The van der Waals surface area contributed by atoms with E-state index in [-0.39, 0.29) is 18.0 Å². The van der Waals surface area contributed by atoms with Crippen molar-refractivity contribution in [3.05, 3.63) is 71.8 Å². The third-order valence-electron chi connectivity index (χ3n) is 4.82. The largest absolute Gasteiger partial charge is 0.353 e. The fourth-order valence-corrected chi connectivity index (χ4v) is 3.32. The highest BCUT2D eigenvalue weighted by Crippen LogP contribution is 2.22. The number of nitrogens with one attached hydrogen (secondary N) is 1. The molecule has 0 aromatic heterocycles. The standard InChI is InChI=1S/C22H31N3O/c1-5-25(6-2)21(19-15-11-8-12-16-19)22(26)23-17-20(24(3)4)18-13-9-7-10-14-18/h7-16,20-21H,5-6,17H2,1-4H3,(H,23,26). The molecule has 0 heterocycles. The fourth-order valence-electron chi connectivity index (χ4n) is 3.32. The Bertz CT molecular complexity index is 654. The van der Waals surface area contributed by atoms with E-state index in [0.717, 1.165) is 18.7 Å². The molecule has 1 amide bonds. The lowest BCUT2D eigenvalue weighted by molar-refractivity contribution is -0.126. The molecule has 140 valence electrons. The number of hydrogen-bond donors (Lipinski definition) is 1. The summed E-state index contributed by atoms with van der Waals surface area (Å²) in [6.07, 6.45) is 0. The Balaban J connectivity index is 2.15. The molecule has 0 radical (unpaired) electrons. The van der Waals surface area contributed by atoms with Crippen LogP contribution in [0.5, 0.6) is 0 Å². The molecule has 1 N–H and O–H groups in total. The van der Waals surface area contributed by atoms with Gasteiger partial charge in [-0.25, -0.2) is 0 Å². The number of hydrogen-bond acceptors (Lipinski definition) is 3. The number of amides is 1. The van der Waals surface area contributed by atoms with Gasteiger partial charge in [-0.15, -0.1) is 0 Å². The molecule has 2 aromatic carbocycles. The van der Waals surface area contributed by atoms with Gasteiger partial charge in [0.15, 0.2) is 0 Å². The number of likely N-dealkylation sites (N-methyl/N-ethyl adjacent to an activating group) is 2. The lowest BCUT2D eigenvalue weighted by Crippen LogP contribution is -2.43. The van der Waals surface area contributed by atoms with Gasteiger partial charge in [0.25, 0.3) is 0 Å². The van der Waals surface area contributed by atoms with E-state index in [9.17, 15) is 4.79 Å². The van der Waals surface area contributed by atoms with Gasteiger partial charge in [0.1, 0.15) is 6.04 Å². The molecule has 0 aliphatic heterocycles. The number of benzene rings is 2. The van der Waals surface area contributed by atoms with E-state index < -0.39 is 0 Å². The van der Waals surface area contributed by atoms with Crippen molar-refractivity contribution in [2.24, 2.45) is 0 Å². The summed E-state index contributed by atoms with van der Waals surface area (Å²) in [5, 5.41) is 3.19. The minimum absolute atomic E-state index is 0.0580. The van der Waals surface area contributed by atoms with E-state index in [2.05, 4.69) is 41.1 Å². The van der Waals surface area contributed by atoms with Crippen LogP contribution in [-0.2, 0) is 4.79 Å². The van der Waals surface area contributed by atoms with Crippen molar-refractivity contribution in [1.82, 2.24) is 15.1 Å². The zero-order valence-electron chi connectivity index (χ0n) is 16.4. The van der Waals surface area contributed by atoms with Crippen molar-refractivity contribution in [2.75, 3.05) is 33.7 Å². The second kappa shape index (κ2) is 10.1. The summed E-state index contributed by atoms with van der Waals surface area (Å²) >= 11 is 0. The SMILES string of the molecule is CCN(CC)C(C(=O)NCC(c1ccccc1)N(C)C)c1ccccc1. The Morgan fingerprint density at radius 2 is 1.38 bits per heavy atom. The first kappa shape index (κ1) is 20.1. The summed E-state index contributed by atoms with van der Waals surface area (Å²) in [6.45, 7) is 6.44. The Kier molecular flexibility index (Phi) is 7.82. The molecule has 0 saturated carbocycles. The summed E-state index contributed by atoms with van der Waals surface area (Å²) in [7, 11) is 4.09. The van der Waals surface area contributed by atoms with Crippen LogP contribution in [0.25, 0.3) is 0 Å². The van der Waals surface area contributed by atoms with Gasteiger partial charge in [0.05, 0.1) is 6.04 Å². The van der Waals surface area contributed by atoms with Crippen LogP contribution in [0.4, 0.5) is 0 Å². The van der Waals surface area contributed by atoms with Gasteiger partial charge in [-0.05, 0) is 38.3 Å². The van der Waals surface area contributed by atoms with Gasteiger partial charge in [-0.1, -0.05) is 74.5 Å². The van der Waals surface area contributed by atoms with Crippen LogP contribution in [-0.4, -0.2) is 49.4 Å². The maximum atomic E-state index is 13.1. The average molecular weight is 354 g/mol. The van der Waals surface area contributed by atoms with Gasteiger partial charge in [0, 0.05) is 6.54 Å². The molecule has 2 atom stereocenters. The van der Waals surface area contributed by atoms with Crippen LogP contribution < -0.4 is 5.32 Å². The highest BCUT2D eigenvalue weighted by atomic mass is 16.2. The molecule has 2 rings (SSSR count). The smallest absolute Gasteiger partial charge is 0.242 e. The van der Waals surface area contributed by atoms with Gasteiger partial charge >= 0.3 is 0 Å². The topological polar surface area (TPSA) is 35.6 Å². The van der Waals surface area contributed by atoms with Crippen LogP contribution >= 0.6 is 0 Å². The van der Waals surface area contributed by atoms with Gasteiger partial charge < -0.3 is 10.2 Å². The predicted molar refractivity (Wildman–Crippen MR) is 108 cm³/mol. The van der Waals surface area contributed by atoms with Crippen molar-refractivity contribution in [3.63, 3.8) is 0 Å². The van der Waals surface area contributed by atoms with E-state index in [1.165, 1.54) is 5.56 Å². The third-order valence-corrected chi connectivity index (χ3v) is 4.82. The first-order chi connectivity index (χ1) is 12.6. The van der Waals surface area contributed by atoms with Crippen molar-refractivity contribution in [2.45, 2.75) is 25.9 Å². The first-order valence-electron chi connectivity index (χ1n) is 9.36. The second-order valence-electron chi connectivity index (χ2n) is 6.67. The van der Waals surface area contributed by atoms with E-state index in [1.807, 2.05) is 62.6 Å². The third kappa shape index (κ3) is 5.16. The average Bonchev–Trinajstić information content (AvgIpc) is 2.67. The van der Waals surface area contributed by atoms with Crippen LogP contribution in [0.3, 0.4) is 0 Å². The van der Waals surface area contributed by atoms with E-state index >= 15 is 0 Å². The van der Waals surface area contributed by atoms with Crippen molar-refractivity contribution in [3.8, 4) is 0 Å². The van der Waals surface area contributed by atoms with Crippen LogP contribution in [0, 0.1) is 0 Å². The zero-order valence-corrected chi connectivity index (χ0v) is 16.4. The Morgan fingerprint density at radius 1 is 0.885 bits per heavy atom. The summed E-state index contributed by atoms with van der Waals surface area (Å²) < 4.78 is 0. The molecule has 0 bridgehead atoms. The first-order valence-corrected chi connectivity index (χ1v) is 9.36. The molecule has 26 heavy (non-hydrogen) atoms. The second-order valence-corrected chi connectivity index (χ2v) is 6.67. The number of carbonyl (C=O) groups is 1. The van der Waals surface area contributed by atoms with Gasteiger partial charge in [0.2, 0.25) is 5.91 Å². The monoisotopic (exact) mass is 353 g/mol. The molecular formula is C22H31N3O. The summed E-state index contributed by atoms with van der Waals surface area (Å²) in [4.78, 5) is 17.4. The zero-order chi connectivity index (χ0) is 18.9. The Hall–Kier alpha value is -2.17. The summed E-state index contributed by atoms with van der Waals surface area (Å²) in [5.74, 6) is 0.0580. The van der Waals surface area contributed by atoms with Crippen LogP contribution in [0.15, 0.2) is 60.7 Å². The predicted octanol–water partition coefficient (Wildman–Crippen LogP) is 3.49. The molecule has 2 aromatic rings. The normalized spacial score (nSPS) is 13.6. The number of rotatable bonds is 9. The van der Waals surface area contributed by atoms with Crippen molar-refractivity contribution < 1.29 is 4.79 Å². The highest BCUT2D eigenvalue weighted by Gasteiger charge is 2.26. The molecule has 0 saturated heterocycles. The Labute approximate surface area is 157 Å². The number of carbonyl (C=O) groups excluding carboxylic acids is 1.